The van der Waals surface area contributed by atoms with Gasteiger partial charge < -0.3 is 14.2 Å². The van der Waals surface area contributed by atoms with Crippen molar-refractivity contribution >= 4 is 33.4 Å². The summed E-state index contributed by atoms with van der Waals surface area (Å²) in [5.74, 6) is -2.07. The van der Waals surface area contributed by atoms with E-state index in [2.05, 4.69) is 0 Å². The Balaban J connectivity index is 1.78. The van der Waals surface area contributed by atoms with Crippen LogP contribution in [0.25, 0.3) is 0 Å². The normalized spacial score (nSPS) is 21.8. The number of fused-ring (bicyclic) bond motifs is 1. The highest BCUT2D eigenvalue weighted by molar-refractivity contribution is 7.89. The fourth-order valence-corrected chi connectivity index (χ4v) is 5.31. The Labute approximate surface area is 190 Å². The molecule has 2 aliphatic heterocycles. The maximum atomic E-state index is 13.5. The molecule has 32 heavy (non-hydrogen) atoms. The molecule has 2 aromatic rings. The number of carbonyl (C=O) groups is 2. The Morgan fingerprint density at radius 1 is 1.09 bits per heavy atom. The minimum absolute atomic E-state index is 0.0956. The molecule has 0 aromatic heterocycles. The van der Waals surface area contributed by atoms with Gasteiger partial charge in [0, 0.05) is 5.56 Å². The smallest absolute Gasteiger partial charge is 0.338 e. The van der Waals surface area contributed by atoms with Crippen molar-refractivity contribution in [3.05, 3.63) is 76.8 Å². The number of Topliss-reactive ketones (excluding diaryl/α,β-unsaturated/α-hetero) is 1. The summed E-state index contributed by atoms with van der Waals surface area (Å²) in [6.07, 6.45) is -0.00937. The van der Waals surface area contributed by atoms with E-state index in [9.17, 15) is 18.0 Å². The fourth-order valence-electron chi connectivity index (χ4n) is 3.39. The zero-order valence-corrected chi connectivity index (χ0v) is 19.0. The predicted molar refractivity (Wildman–Crippen MR) is 114 cm³/mol. The van der Waals surface area contributed by atoms with Crippen LogP contribution in [0.15, 0.2) is 65.6 Å². The highest BCUT2D eigenvalue weighted by Gasteiger charge is 2.52. The van der Waals surface area contributed by atoms with Gasteiger partial charge >= 0.3 is 5.97 Å². The number of benzene rings is 2. The molecule has 0 fully saturated rings. The lowest BCUT2D eigenvalue weighted by Crippen LogP contribution is -2.54. The second kappa shape index (κ2) is 7.83. The van der Waals surface area contributed by atoms with Crippen LogP contribution >= 0.6 is 11.6 Å². The van der Waals surface area contributed by atoms with Crippen molar-refractivity contribution in [1.82, 2.24) is 4.31 Å². The number of ketones is 1. The van der Waals surface area contributed by atoms with E-state index in [0.717, 1.165) is 6.26 Å². The van der Waals surface area contributed by atoms with Gasteiger partial charge in [-0.1, -0.05) is 41.9 Å². The molecule has 0 saturated carbocycles. The zero-order chi connectivity index (χ0) is 23.3. The number of hydrogen-bond acceptors (Lipinski definition) is 7. The number of hydrogen-bond donors (Lipinski definition) is 0. The van der Waals surface area contributed by atoms with Gasteiger partial charge in [0.15, 0.2) is 5.78 Å². The molecular weight excluding hydrogens is 458 g/mol. The summed E-state index contributed by atoms with van der Waals surface area (Å²) in [6.45, 7) is 4.85. The van der Waals surface area contributed by atoms with Crippen molar-refractivity contribution < 1.29 is 32.2 Å². The van der Waals surface area contributed by atoms with E-state index in [0.29, 0.717) is 14.9 Å². The van der Waals surface area contributed by atoms with Crippen LogP contribution in [0.4, 0.5) is 0 Å². The first-order valence-corrected chi connectivity index (χ1v) is 11.5. The van der Waals surface area contributed by atoms with Crippen LogP contribution in [0.3, 0.4) is 0 Å². The van der Waals surface area contributed by atoms with Crippen molar-refractivity contribution in [2.45, 2.75) is 43.6 Å². The van der Waals surface area contributed by atoms with E-state index in [1.165, 1.54) is 24.3 Å². The van der Waals surface area contributed by atoms with Gasteiger partial charge in [-0.3, -0.25) is 4.79 Å². The van der Waals surface area contributed by atoms with Crippen LogP contribution in [0, 0.1) is 0 Å². The van der Waals surface area contributed by atoms with Crippen LogP contribution < -0.4 is 0 Å². The van der Waals surface area contributed by atoms with Gasteiger partial charge in [0.2, 0.25) is 11.9 Å². The molecule has 0 bridgehead atoms. The molecule has 8 nitrogen and oxygen atoms in total. The van der Waals surface area contributed by atoms with Gasteiger partial charge in [-0.05, 0) is 39.0 Å². The summed E-state index contributed by atoms with van der Waals surface area (Å²) in [6, 6.07) is 10.6. The minimum Gasteiger partial charge on any atom is -0.458 e. The number of ether oxygens (including phenoxy) is 3. The van der Waals surface area contributed by atoms with E-state index in [4.69, 9.17) is 25.8 Å². The average Bonchev–Trinajstić information content (AvgIpc) is 3.18. The number of halogens is 1. The highest BCUT2D eigenvalue weighted by Crippen LogP contribution is 2.40. The summed E-state index contributed by atoms with van der Waals surface area (Å²) in [7, 11) is -4.36. The number of sulfonamides is 1. The lowest BCUT2D eigenvalue weighted by Gasteiger charge is -2.35. The summed E-state index contributed by atoms with van der Waals surface area (Å²) in [4.78, 5) is 26.0. The maximum Gasteiger partial charge on any atom is 0.338 e. The van der Waals surface area contributed by atoms with Gasteiger partial charge in [-0.2, -0.15) is 0 Å². The minimum atomic E-state index is -4.36. The number of rotatable bonds is 3. The van der Waals surface area contributed by atoms with E-state index in [-0.39, 0.29) is 16.3 Å². The first-order valence-electron chi connectivity index (χ1n) is 9.68. The molecule has 0 spiro atoms. The van der Waals surface area contributed by atoms with E-state index in [1.54, 1.807) is 45.0 Å². The van der Waals surface area contributed by atoms with Crippen LogP contribution in [0.5, 0.6) is 0 Å². The first-order chi connectivity index (χ1) is 15.0. The van der Waals surface area contributed by atoms with Crippen molar-refractivity contribution in [2.75, 3.05) is 0 Å². The number of esters is 1. The third-order valence-electron chi connectivity index (χ3n) is 4.70. The third-order valence-corrected chi connectivity index (χ3v) is 6.86. The molecular formula is C22H20ClNO7S. The topological polar surface area (TPSA) is 99.2 Å². The Kier molecular flexibility index (Phi) is 5.42. The van der Waals surface area contributed by atoms with E-state index >= 15 is 0 Å². The van der Waals surface area contributed by atoms with Crippen LogP contribution in [0.2, 0.25) is 5.02 Å². The molecule has 2 unspecified atom stereocenters. The van der Waals surface area contributed by atoms with Crippen molar-refractivity contribution in [2.24, 2.45) is 0 Å². The maximum absolute atomic E-state index is 13.5. The van der Waals surface area contributed by atoms with Gasteiger partial charge in [0.25, 0.3) is 16.3 Å². The van der Waals surface area contributed by atoms with Gasteiger partial charge in [-0.15, -0.1) is 0 Å². The number of carbonyl (C=O) groups excluding carboxylic acids is 2. The number of nitrogens with zero attached hydrogens (tertiary/aromatic N) is 1. The van der Waals surface area contributed by atoms with Gasteiger partial charge in [0.1, 0.15) is 11.9 Å². The summed E-state index contributed by atoms with van der Waals surface area (Å²) < 4.78 is 44.2. The molecule has 2 aliphatic rings. The lowest BCUT2D eigenvalue weighted by molar-refractivity contribution is -0.158. The second-order valence-corrected chi connectivity index (χ2v) is 10.4. The lowest BCUT2D eigenvalue weighted by atomic mass is 10.0. The molecule has 0 radical (unpaired) electrons. The molecule has 4 rings (SSSR count). The Hall–Kier alpha value is -3.04. The van der Waals surface area contributed by atoms with Crippen LogP contribution in [-0.2, 0) is 29.0 Å². The summed E-state index contributed by atoms with van der Waals surface area (Å²) in [5.41, 5.74) is -0.595. The quantitative estimate of drug-likeness (QED) is 0.490. The average molecular weight is 478 g/mol. The monoisotopic (exact) mass is 477 g/mol. The fraction of sp³-hybridized carbons (Fsp3) is 0.273. The molecule has 0 aliphatic carbocycles. The Morgan fingerprint density at radius 3 is 2.44 bits per heavy atom. The molecule has 2 atom stereocenters. The first kappa shape index (κ1) is 22.2. The third kappa shape index (κ3) is 3.82. The summed E-state index contributed by atoms with van der Waals surface area (Å²) >= 11 is 6.19. The standard InChI is InChI=1S/C22H20ClNO7S/c1-22(2,3)31-20(26)18-19(25)14-9-5-7-11-16(14)32(27,28)24(18)17-12-29-21(30-17)13-8-4-6-10-15(13)23/h4-12,18,21H,1-3H3. The largest absolute Gasteiger partial charge is 0.458 e. The van der Waals surface area contributed by atoms with Gasteiger partial charge in [0.05, 0.1) is 15.5 Å². The van der Waals surface area contributed by atoms with Crippen molar-refractivity contribution in [3.63, 3.8) is 0 Å². The predicted octanol–water partition coefficient (Wildman–Crippen LogP) is 3.78. The van der Waals surface area contributed by atoms with Crippen molar-refractivity contribution in [3.8, 4) is 0 Å². The molecule has 2 aromatic carbocycles. The van der Waals surface area contributed by atoms with Crippen LogP contribution in [-0.4, -0.2) is 36.1 Å². The Bertz CT molecular complexity index is 1230. The molecule has 0 amide bonds. The molecule has 0 saturated heterocycles. The summed E-state index contributed by atoms with van der Waals surface area (Å²) in [5, 5.41) is 0.346. The molecule has 168 valence electrons. The molecule has 10 heteroatoms. The Morgan fingerprint density at radius 2 is 1.75 bits per heavy atom. The van der Waals surface area contributed by atoms with E-state index < -0.39 is 39.7 Å². The van der Waals surface area contributed by atoms with E-state index in [1.807, 2.05) is 0 Å². The van der Waals surface area contributed by atoms with Crippen molar-refractivity contribution in [1.29, 1.82) is 0 Å². The van der Waals surface area contributed by atoms with Gasteiger partial charge in [-0.25, -0.2) is 17.5 Å². The zero-order valence-electron chi connectivity index (χ0n) is 17.4. The molecule has 0 N–H and O–H groups in total. The highest BCUT2D eigenvalue weighted by atomic mass is 35.5. The molecule has 2 heterocycles. The SMILES string of the molecule is CC(C)(C)OC(=O)C1C(=O)c2ccccc2S(=O)(=O)N1C1=COC(c2ccccc2Cl)O1. The second-order valence-electron chi connectivity index (χ2n) is 8.16. The van der Waals surface area contributed by atoms with Crippen LogP contribution in [0.1, 0.15) is 43.0 Å².